The topological polar surface area (TPSA) is 71.5 Å². The van der Waals surface area contributed by atoms with E-state index in [2.05, 4.69) is 37.7 Å². The van der Waals surface area contributed by atoms with Crippen molar-refractivity contribution in [3.63, 3.8) is 0 Å². The van der Waals surface area contributed by atoms with Crippen LogP contribution in [0, 0.1) is 0 Å². The maximum Gasteiger partial charge on any atom is 0.264 e. The second kappa shape index (κ2) is 8.06. The number of aromatic amines is 1. The lowest BCUT2D eigenvalue weighted by molar-refractivity contribution is 0.922. The van der Waals surface area contributed by atoms with Gasteiger partial charge in [0.15, 0.2) is 0 Å². The molecule has 1 aliphatic carbocycles. The minimum absolute atomic E-state index is 0.164. The third-order valence-corrected chi connectivity index (χ3v) is 3.38. The van der Waals surface area contributed by atoms with E-state index in [-0.39, 0.29) is 5.56 Å². The molecule has 20 heavy (non-hydrogen) atoms. The van der Waals surface area contributed by atoms with Crippen LogP contribution in [0.3, 0.4) is 0 Å². The zero-order chi connectivity index (χ0) is 14.0. The molecular weight excluding hydrogens is 272 g/mol. The molecule has 0 spiro atoms. The molecule has 102 valence electrons. The van der Waals surface area contributed by atoms with Crippen molar-refractivity contribution >= 4 is 11.8 Å². The second-order valence-corrected chi connectivity index (χ2v) is 5.09. The maximum atomic E-state index is 10.2. The van der Waals surface area contributed by atoms with Crippen LogP contribution in [0.15, 0.2) is 71.0 Å². The molecule has 2 aromatic heterocycles. The molecule has 0 aromatic carbocycles. The number of rotatable bonds is 0. The van der Waals surface area contributed by atoms with Crippen molar-refractivity contribution in [2.75, 3.05) is 0 Å². The zero-order valence-corrected chi connectivity index (χ0v) is 11.5. The van der Waals surface area contributed by atoms with Gasteiger partial charge in [-0.15, -0.1) is 11.8 Å². The fourth-order valence-electron chi connectivity index (χ4n) is 1.44. The highest BCUT2D eigenvalue weighted by atomic mass is 32.2. The monoisotopic (exact) mass is 286 g/mol. The highest BCUT2D eigenvalue weighted by molar-refractivity contribution is 8.03. The van der Waals surface area contributed by atoms with Gasteiger partial charge in [0, 0.05) is 29.9 Å². The van der Waals surface area contributed by atoms with Gasteiger partial charge in [-0.25, -0.2) is 15.1 Å². The van der Waals surface area contributed by atoms with Crippen LogP contribution in [-0.2, 0) is 0 Å². The Morgan fingerprint density at radius 1 is 1.20 bits per heavy atom. The Kier molecular flexibility index (Phi) is 5.72. The van der Waals surface area contributed by atoms with Crippen molar-refractivity contribution in [3.8, 4) is 0 Å². The van der Waals surface area contributed by atoms with Gasteiger partial charge < -0.3 is 0 Å². The highest BCUT2D eigenvalue weighted by Gasteiger charge is 2.19. The van der Waals surface area contributed by atoms with E-state index >= 15 is 0 Å². The van der Waals surface area contributed by atoms with Gasteiger partial charge in [-0.1, -0.05) is 12.2 Å². The lowest BCUT2D eigenvalue weighted by atomic mass is 9.98. The number of aromatic nitrogens is 4. The van der Waals surface area contributed by atoms with E-state index in [1.807, 2.05) is 11.8 Å². The fourth-order valence-corrected chi connectivity index (χ4v) is 2.44. The van der Waals surface area contributed by atoms with Gasteiger partial charge in [-0.2, -0.15) is 5.10 Å². The Bertz CT molecular complexity index is 578. The van der Waals surface area contributed by atoms with E-state index in [9.17, 15) is 4.79 Å². The van der Waals surface area contributed by atoms with Gasteiger partial charge in [0.1, 0.15) is 6.33 Å². The fraction of sp³-hybridized carbons (Fsp3) is 0.143. The van der Waals surface area contributed by atoms with E-state index in [0.29, 0.717) is 0 Å². The van der Waals surface area contributed by atoms with Crippen molar-refractivity contribution in [3.05, 3.63) is 76.6 Å². The summed E-state index contributed by atoms with van der Waals surface area (Å²) in [7, 11) is 0. The molecule has 1 atom stereocenters. The maximum absolute atomic E-state index is 10.2. The number of H-pyrrole nitrogens is 1. The molecule has 0 amide bonds. The molecule has 0 radical (unpaired) electrons. The van der Waals surface area contributed by atoms with Gasteiger partial charge in [0.2, 0.25) is 0 Å². The molecule has 6 heteroatoms. The predicted octanol–water partition coefficient (Wildman–Crippen LogP) is 2.19. The summed E-state index contributed by atoms with van der Waals surface area (Å²) in [6.07, 6.45) is 12.2. The Morgan fingerprint density at radius 3 is 2.20 bits per heavy atom. The summed E-state index contributed by atoms with van der Waals surface area (Å²) < 4.78 is 0. The van der Waals surface area contributed by atoms with Crippen molar-refractivity contribution in [2.45, 2.75) is 11.7 Å². The zero-order valence-electron chi connectivity index (χ0n) is 10.7. The molecule has 0 saturated carbocycles. The van der Waals surface area contributed by atoms with Crippen LogP contribution in [0.25, 0.3) is 0 Å². The van der Waals surface area contributed by atoms with Crippen LogP contribution < -0.4 is 5.56 Å². The van der Waals surface area contributed by atoms with E-state index < -0.39 is 0 Å². The highest BCUT2D eigenvalue weighted by Crippen LogP contribution is 2.36. The third-order valence-electron chi connectivity index (χ3n) is 2.43. The minimum Gasteiger partial charge on any atom is -0.268 e. The van der Waals surface area contributed by atoms with Crippen molar-refractivity contribution < 1.29 is 0 Å². The first-order valence-electron chi connectivity index (χ1n) is 6.07. The van der Waals surface area contributed by atoms with Gasteiger partial charge in [-0.05, 0) is 29.5 Å². The molecule has 1 N–H and O–H groups in total. The van der Waals surface area contributed by atoms with Gasteiger partial charge in [0.05, 0.1) is 0 Å². The molecule has 2 bridgehead atoms. The molecule has 1 unspecified atom stereocenters. The lowest BCUT2D eigenvalue weighted by Crippen LogP contribution is -2.12. The Balaban J connectivity index is 0.000000111. The van der Waals surface area contributed by atoms with Crippen LogP contribution in [0.4, 0.5) is 0 Å². The number of nitrogens with zero attached hydrogens (tertiary/aromatic N) is 3. The smallest absolute Gasteiger partial charge is 0.264 e. The Hall–Kier alpha value is -2.21. The summed E-state index contributed by atoms with van der Waals surface area (Å²) >= 11 is 1.93. The molecule has 5 nitrogen and oxygen atoms in total. The average molecular weight is 286 g/mol. The number of hydrogen-bond donors (Lipinski definition) is 1. The van der Waals surface area contributed by atoms with Gasteiger partial charge in [0.25, 0.3) is 5.56 Å². The molecule has 0 fully saturated rings. The average Bonchev–Trinajstić information content (AvgIpc) is 2.51. The normalized spacial score (nSPS) is 17.4. The van der Waals surface area contributed by atoms with Gasteiger partial charge >= 0.3 is 0 Å². The summed E-state index contributed by atoms with van der Waals surface area (Å²) in [5, 5.41) is 8.70. The summed E-state index contributed by atoms with van der Waals surface area (Å²) in [4.78, 5) is 17.5. The van der Waals surface area contributed by atoms with Gasteiger partial charge in [-0.3, -0.25) is 4.79 Å². The summed E-state index contributed by atoms with van der Waals surface area (Å²) in [6, 6.07) is 4.77. The van der Waals surface area contributed by atoms with Crippen LogP contribution in [0.2, 0.25) is 0 Å². The Labute approximate surface area is 120 Å². The number of allylic oxidation sites excluding steroid dienone is 2. The SMILES string of the molecule is C1=CC2=CC(C2)S1.O=c1cccn[nH]1.c1cncnc1. The Morgan fingerprint density at radius 2 is 2.00 bits per heavy atom. The number of hydrogen-bond acceptors (Lipinski definition) is 5. The molecule has 4 heterocycles. The third kappa shape index (κ3) is 5.19. The first kappa shape index (κ1) is 14.2. The molecule has 2 aromatic rings. The summed E-state index contributed by atoms with van der Waals surface area (Å²) in [6.45, 7) is 0. The molecule has 5 rings (SSSR count). The van der Waals surface area contributed by atoms with E-state index in [4.69, 9.17) is 0 Å². The number of nitrogens with one attached hydrogen (secondary N) is 1. The quantitative estimate of drug-likeness (QED) is 0.803. The van der Waals surface area contributed by atoms with E-state index in [1.54, 1.807) is 24.5 Å². The van der Waals surface area contributed by atoms with E-state index in [0.717, 1.165) is 5.25 Å². The molecule has 0 saturated heterocycles. The molecule has 2 aliphatic heterocycles. The summed E-state index contributed by atoms with van der Waals surface area (Å²) in [5.41, 5.74) is 1.37. The van der Waals surface area contributed by atoms with Crippen molar-refractivity contribution in [1.29, 1.82) is 0 Å². The van der Waals surface area contributed by atoms with Crippen molar-refractivity contribution in [2.24, 2.45) is 0 Å². The number of thioether (sulfide) groups is 1. The van der Waals surface area contributed by atoms with Crippen LogP contribution in [-0.4, -0.2) is 25.4 Å². The number of fused-ring (bicyclic) bond motifs is 1. The first-order chi connectivity index (χ1) is 9.84. The predicted molar refractivity (Wildman–Crippen MR) is 80.1 cm³/mol. The van der Waals surface area contributed by atoms with E-state index in [1.165, 1.54) is 30.6 Å². The van der Waals surface area contributed by atoms with Crippen LogP contribution in [0.1, 0.15) is 6.42 Å². The largest absolute Gasteiger partial charge is 0.268 e. The first-order valence-corrected chi connectivity index (χ1v) is 7.01. The molecular formula is C14H14N4OS. The summed E-state index contributed by atoms with van der Waals surface area (Å²) in [5.74, 6) is 0. The van der Waals surface area contributed by atoms with Crippen LogP contribution >= 0.6 is 11.8 Å². The standard InChI is InChI=1S/C6H6S.C4H4N2O.C4H4N2/c1-2-7-6-3-5(1)4-6;7-4-2-1-3-5-6-4;1-2-5-4-6-3-1/h1-3,6H,4H2;1-3H,(H,6,7);1-4H. The van der Waals surface area contributed by atoms with Crippen molar-refractivity contribution in [1.82, 2.24) is 20.2 Å². The molecule has 3 aliphatic rings. The lowest BCUT2D eigenvalue weighted by Gasteiger charge is -2.25. The minimum atomic E-state index is -0.164. The van der Waals surface area contributed by atoms with Crippen LogP contribution in [0.5, 0.6) is 0 Å². The second-order valence-electron chi connectivity index (χ2n) is 3.94.